The molecule has 1 aromatic heterocycles. The Morgan fingerprint density at radius 3 is 2.75 bits per heavy atom. The van der Waals surface area contributed by atoms with Crippen LogP contribution in [0.4, 0.5) is 0 Å². The van der Waals surface area contributed by atoms with E-state index in [9.17, 15) is 0 Å². The number of aromatic nitrogens is 1. The van der Waals surface area contributed by atoms with Gasteiger partial charge in [0.15, 0.2) is 0 Å². The van der Waals surface area contributed by atoms with Crippen molar-refractivity contribution >= 4 is 0 Å². The molecular weight excluding hydrogens is 246 g/mol. The van der Waals surface area contributed by atoms with Crippen LogP contribution in [0.3, 0.4) is 0 Å². The number of aryl methyl sites for hydroxylation is 1. The molecule has 0 bridgehead atoms. The second-order valence-electron chi connectivity index (χ2n) is 6.20. The first-order chi connectivity index (χ1) is 9.52. The normalized spacial score (nSPS) is 13.2. The smallest absolute Gasteiger partial charge is 0.0683 e. The third kappa shape index (κ3) is 5.38. The Bertz CT molecular complexity index is 426. The van der Waals surface area contributed by atoms with Gasteiger partial charge in [-0.3, -0.25) is 0 Å². The highest BCUT2D eigenvalue weighted by molar-refractivity contribution is 5.15. The van der Waals surface area contributed by atoms with E-state index in [1.165, 1.54) is 12.0 Å². The average molecular weight is 275 g/mol. The van der Waals surface area contributed by atoms with Gasteiger partial charge < -0.3 is 9.88 Å². The van der Waals surface area contributed by atoms with Crippen molar-refractivity contribution in [3.05, 3.63) is 24.0 Å². The summed E-state index contributed by atoms with van der Waals surface area (Å²) in [6.07, 6.45) is 8.68. The summed E-state index contributed by atoms with van der Waals surface area (Å²) in [5, 5.41) is 12.6. The van der Waals surface area contributed by atoms with Gasteiger partial charge in [0.25, 0.3) is 0 Å². The van der Waals surface area contributed by atoms with Crippen molar-refractivity contribution in [2.75, 3.05) is 6.54 Å². The minimum Gasteiger partial charge on any atom is -0.354 e. The summed E-state index contributed by atoms with van der Waals surface area (Å²) in [5.41, 5.74) is 1.17. The molecule has 0 saturated carbocycles. The lowest BCUT2D eigenvalue weighted by molar-refractivity contribution is 0.415. The van der Waals surface area contributed by atoms with Crippen molar-refractivity contribution < 1.29 is 0 Å². The summed E-state index contributed by atoms with van der Waals surface area (Å²) < 4.78 is 2.25. The molecule has 0 aliphatic rings. The Hall–Kier alpha value is -1.27. The Labute approximate surface area is 124 Å². The molecule has 0 aliphatic heterocycles. The molecular formula is C17H29N3. The van der Waals surface area contributed by atoms with Gasteiger partial charge in [-0.2, -0.15) is 5.26 Å². The Morgan fingerprint density at radius 1 is 1.40 bits per heavy atom. The number of nitrogens with zero attached hydrogens (tertiary/aromatic N) is 2. The summed E-state index contributed by atoms with van der Waals surface area (Å²) in [7, 11) is 0. The molecule has 3 nitrogen and oxygen atoms in total. The van der Waals surface area contributed by atoms with Gasteiger partial charge in [-0.25, -0.2) is 0 Å². The maximum absolute atomic E-state index is 9.02. The Balaban J connectivity index is 2.48. The van der Waals surface area contributed by atoms with E-state index in [0.717, 1.165) is 32.4 Å². The van der Waals surface area contributed by atoms with Crippen molar-refractivity contribution in [3.8, 4) is 6.07 Å². The van der Waals surface area contributed by atoms with Crippen LogP contribution < -0.4 is 5.32 Å². The van der Waals surface area contributed by atoms with Crippen LogP contribution in [0.5, 0.6) is 0 Å². The first kappa shape index (κ1) is 16.8. The second kappa shape index (κ2) is 8.11. The van der Waals surface area contributed by atoms with Crippen LogP contribution in [0.25, 0.3) is 0 Å². The molecule has 1 N–H and O–H groups in total. The summed E-state index contributed by atoms with van der Waals surface area (Å²) in [6.45, 7) is 10.5. The van der Waals surface area contributed by atoms with E-state index in [0.29, 0.717) is 6.04 Å². The van der Waals surface area contributed by atoms with Gasteiger partial charge in [0.05, 0.1) is 11.5 Å². The minimum absolute atomic E-state index is 0.204. The van der Waals surface area contributed by atoms with Crippen molar-refractivity contribution in [2.45, 2.75) is 66.0 Å². The zero-order valence-corrected chi connectivity index (χ0v) is 13.4. The van der Waals surface area contributed by atoms with Gasteiger partial charge in [0.1, 0.15) is 0 Å². The van der Waals surface area contributed by atoms with E-state index in [-0.39, 0.29) is 5.41 Å². The molecule has 20 heavy (non-hydrogen) atoms. The third-order valence-corrected chi connectivity index (χ3v) is 3.75. The van der Waals surface area contributed by atoms with Crippen LogP contribution >= 0.6 is 0 Å². The van der Waals surface area contributed by atoms with E-state index < -0.39 is 0 Å². The molecule has 0 fully saturated rings. The minimum atomic E-state index is -0.204. The molecule has 0 saturated heterocycles. The van der Waals surface area contributed by atoms with Crippen molar-refractivity contribution in [3.63, 3.8) is 0 Å². The predicted molar refractivity (Wildman–Crippen MR) is 84.4 cm³/mol. The molecule has 0 radical (unpaired) electrons. The highest BCUT2D eigenvalue weighted by Gasteiger charge is 2.16. The van der Waals surface area contributed by atoms with E-state index in [2.05, 4.69) is 48.3 Å². The lowest BCUT2D eigenvalue weighted by Crippen LogP contribution is -2.21. The lowest BCUT2D eigenvalue weighted by Gasteiger charge is -2.16. The standard InChI is InChI=1S/C17H29N3/c1-5-10-19-16(6-2)15-8-12-20(13-15)11-7-9-17(3,4)14-18/h8,12-13,16,19H,5-7,9-11H2,1-4H3. The number of nitrogens with one attached hydrogen (secondary N) is 1. The van der Waals surface area contributed by atoms with Crippen LogP contribution in [0, 0.1) is 16.7 Å². The molecule has 0 aromatic carbocycles. The number of hydrogen-bond donors (Lipinski definition) is 1. The van der Waals surface area contributed by atoms with E-state index in [1.807, 2.05) is 13.8 Å². The van der Waals surface area contributed by atoms with E-state index in [1.54, 1.807) is 0 Å². The molecule has 1 atom stereocenters. The summed E-state index contributed by atoms with van der Waals surface area (Å²) in [4.78, 5) is 0. The molecule has 3 heteroatoms. The van der Waals surface area contributed by atoms with Crippen molar-refractivity contribution in [1.82, 2.24) is 9.88 Å². The largest absolute Gasteiger partial charge is 0.354 e. The summed E-state index contributed by atoms with van der Waals surface area (Å²) in [6, 6.07) is 5.04. The van der Waals surface area contributed by atoms with E-state index in [4.69, 9.17) is 5.26 Å². The monoisotopic (exact) mass is 275 g/mol. The van der Waals surface area contributed by atoms with Crippen LogP contribution in [0.15, 0.2) is 18.5 Å². The van der Waals surface area contributed by atoms with Crippen LogP contribution in [0.2, 0.25) is 0 Å². The lowest BCUT2D eigenvalue weighted by atomic mass is 9.90. The molecule has 0 aliphatic carbocycles. The van der Waals surface area contributed by atoms with Gasteiger partial charge in [-0.05, 0) is 57.7 Å². The van der Waals surface area contributed by atoms with Crippen molar-refractivity contribution in [2.24, 2.45) is 5.41 Å². The van der Waals surface area contributed by atoms with Crippen LogP contribution in [-0.2, 0) is 6.54 Å². The zero-order valence-electron chi connectivity index (χ0n) is 13.4. The van der Waals surface area contributed by atoms with Gasteiger partial charge in [-0.15, -0.1) is 0 Å². The molecule has 1 rings (SSSR count). The molecule has 1 unspecified atom stereocenters. The SMILES string of the molecule is CCCNC(CC)c1ccn(CCCC(C)(C)C#N)c1. The Morgan fingerprint density at radius 2 is 2.15 bits per heavy atom. The third-order valence-electron chi connectivity index (χ3n) is 3.75. The highest BCUT2D eigenvalue weighted by Crippen LogP contribution is 2.22. The fourth-order valence-electron chi connectivity index (χ4n) is 2.38. The second-order valence-corrected chi connectivity index (χ2v) is 6.20. The molecule has 0 amide bonds. The molecule has 0 spiro atoms. The number of nitriles is 1. The van der Waals surface area contributed by atoms with Gasteiger partial charge >= 0.3 is 0 Å². The first-order valence-corrected chi connectivity index (χ1v) is 7.82. The topological polar surface area (TPSA) is 40.8 Å². The van der Waals surface area contributed by atoms with E-state index >= 15 is 0 Å². The maximum atomic E-state index is 9.02. The van der Waals surface area contributed by atoms with Gasteiger partial charge in [-0.1, -0.05) is 13.8 Å². The number of rotatable bonds is 9. The highest BCUT2D eigenvalue weighted by atomic mass is 15.0. The fraction of sp³-hybridized carbons (Fsp3) is 0.706. The average Bonchev–Trinajstić information content (AvgIpc) is 2.88. The molecule has 1 aromatic rings. The first-order valence-electron chi connectivity index (χ1n) is 7.82. The summed E-state index contributed by atoms with van der Waals surface area (Å²) in [5.74, 6) is 0. The van der Waals surface area contributed by atoms with Crippen LogP contribution in [-0.4, -0.2) is 11.1 Å². The predicted octanol–water partition coefficient (Wildman–Crippen LogP) is 4.27. The maximum Gasteiger partial charge on any atom is 0.0683 e. The molecule has 1 heterocycles. The molecule has 112 valence electrons. The van der Waals surface area contributed by atoms with Gasteiger partial charge in [0, 0.05) is 25.0 Å². The zero-order chi connectivity index (χ0) is 15.0. The van der Waals surface area contributed by atoms with Crippen LogP contribution in [0.1, 0.15) is 65.0 Å². The van der Waals surface area contributed by atoms with Crippen molar-refractivity contribution in [1.29, 1.82) is 5.26 Å². The fourth-order valence-corrected chi connectivity index (χ4v) is 2.38. The summed E-state index contributed by atoms with van der Waals surface area (Å²) >= 11 is 0. The van der Waals surface area contributed by atoms with Gasteiger partial charge in [0.2, 0.25) is 0 Å². The Kier molecular flexibility index (Phi) is 6.81. The number of hydrogen-bond acceptors (Lipinski definition) is 2. The quantitative estimate of drug-likeness (QED) is 0.731.